The maximum absolute atomic E-state index is 12.2. The Labute approximate surface area is 136 Å². The molecule has 3 rings (SSSR count). The molecule has 1 aliphatic carbocycles. The van der Waals surface area contributed by atoms with Crippen LogP contribution < -0.4 is 0 Å². The average molecular weight is 346 g/mol. The van der Waals surface area contributed by atoms with Gasteiger partial charge in [0.15, 0.2) is 0 Å². The molecule has 4 N–H and O–H groups in total. The summed E-state index contributed by atoms with van der Waals surface area (Å²) in [6, 6.07) is 1.63. The van der Waals surface area contributed by atoms with E-state index in [2.05, 4.69) is 14.9 Å². The van der Waals surface area contributed by atoms with E-state index >= 15 is 0 Å². The third-order valence-electron chi connectivity index (χ3n) is 3.51. The molecule has 0 spiro atoms. The van der Waals surface area contributed by atoms with Gasteiger partial charge in [-0.2, -0.15) is 5.26 Å². The second-order valence-electron chi connectivity index (χ2n) is 4.90. The van der Waals surface area contributed by atoms with E-state index in [1.54, 1.807) is 0 Å². The van der Waals surface area contributed by atoms with Crippen molar-refractivity contribution in [3.63, 3.8) is 0 Å². The zero-order valence-corrected chi connectivity index (χ0v) is 11.9. The number of aromatic amines is 1. The summed E-state index contributed by atoms with van der Waals surface area (Å²) in [6.07, 6.45) is 0. The standard InChI is InChI=1S/C14H6N2O9/c17-10-4-2-6(14(23)25-24)16-8(4)7-3(12(19)20)1-5(13(21)22)15-9(7)11(10)18/h1-2,16,24H,(H,19,20)(H,21,22). The molecule has 0 bridgehead atoms. The van der Waals surface area contributed by atoms with Crippen LogP contribution in [0.4, 0.5) is 0 Å². The predicted molar refractivity (Wildman–Crippen MR) is 74.6 cm³/mol. The van der Waals surface area contributed by atoms with Gasteiger partial charge in [0.25, 0.3) is 5.78 Å². The number of pyridine rings is 1. The van der Waals surface area contributed by atoms with Crippen LogP contribution in [0.5, 0.6) is 0 Å². The minimum absolute atomic E-state index is 0.221. The topological polar surface area (TPSA) is 184 Å². The number of H-pyrrole nitrogens is 1. The number of hydrogen-bond acceptors (Lipinski definition) is 8. The number of aromatic carboxylic acids is 2. The molecule has 0 atom stereocenters. The highest BCUT2D eigenvalue weighted by Gasteiger charge is 2.38. The van der Waals surface area contributed by atoms with Gasteiger partial charge in [0.2, 0.25) is 5.78 Å². The molecule has 0 unspecified atom stereocenters. The molecule has 0 fully saturated rings. The fourth-order valence-corrected chi connectivity index (χ4v) is 2.46. The van der Waals surface area contributed by atoms with E-state index < -0.39 is 52.1 Å². The van der Waals surface area contributed by atoms with Crippen molar-refractivity contribution in [2.24, 2.45) is 0 Å². The average Bonchev–Trinajstić information content (AvgIpc) is 3.03. The first-order valence-electron chi connectivity index (χ1n) is 6.46. The van der Waals surface area contributed by atoms with Gasteiger partial charge >= 0.3 is 17.9 Å². The Hall–Kier alpha value is -3.86. The number of rotatable bonds is 3. The lowest BCUT2D eigenvalue weighted by atomic mass is 9.88. The van der Waals surface area contributed by atoms with Gasteiger partial charge in [0, 0.05) is 5.56 Å². The van der Waals surface area contributed by atoms with Crippen LogP contribution >= 0.6 is 0 Å². The second-order valence-corrected chi connectivity index (χ2v) is 4.90. The van der Waals surface area contributed by atoms with E-state index in [0.717, 1.165) is 12.1 Å². The fourth-order valence-electron chi connectivity index (χ4n) is 2.46. The SMILES string of the molecule is O=C(O)c1cc(C(=O)O)c2c(n1)C(=O)C(=O)c1cc(C(=O)OO)[nH]c1-2. The Kier molecular flexibility index (Phi) is 3.43. The van der Waals surface area contributed by atoms with Gasteiger partial charge in [-0.05, 0) is 12.1 Å². The number of ketones is 2. The molecule has 0 aliphatic heterocycles. The predicted octanol–water partition coefficient (Wildman–Crippen LogP) is 0.482. The van der Waals surface area contributed by atoms with E-state index in [1.807, 2.05) is 0 Å². The van der Waals surface area contributed by atoms with Crippen LogP contribution in [0.2, 0.25) is 0 Å². The van der Waals surface area contributed by atoms with Gasteiger partial charge < -0.3 is 15.2 Å². The van der Waals surface area contributed by atoms with Crippen LogP contribution in [-0.4, -0.2) is 54.9 Å². The third kappa shape index (κ3) is 2.26. The Morgan fingerprint density at radius 1 is 1.04 bits per heavy atom. The van der Waals surface area contributed by atoms with Crippen molar-refractivity contribution in [1.82, 2.24) is 9.97 Å². The molecule has 0 radical (unpaired) electrons. The van der Waals surface area contributed by atoms with Gasteiger partial charge in [-0.1, -0.05) is 0 Å². The van der Waals surface area contributed by atoms with Crippen molar-refractivity contribution in [2.75, 3.05) is 0 Å². The normalized spacial score (nSPS) is 12.4. The molecule has 0 saturated heterocycles. The summed E-state index contributed by atoms with van der Waals surface area (Å²) < 4.78 is 0. The Morgan fingerprint density at radius 2 is 1.72 bits per heavy atom. The molecule has 1 aliphatic rings. The van der Waals surface area contributed by atoms with Crippen molar-refractivity contribution < 1.29 is 44.3 Å². The molecular weight excluding hydrogens is 340 g/mol. The number of carbonyl (C=O) groups is 5. The van der Waals surface area contributed by atoms with Crippen LogP contribution in [0.25, 0.3) is 11.3 Å². The molecule has 2 aromatic heterocycles. The van der Waals surface area contributed by atoms with Crippen molar-refractivity contribution in [1.29, 1.82) is 0 Å². The number of nitrogens with zero attached hydrogens (tertiary/aromatic N) is 1. The third-order valence-corrected chi connectivity index (χ3v) is 3.51. The molecule has 25 heavy (non-hydrogen) atoms. The maximum Gasteiger partial charge on any atom is 0.388 e. The first-order valence-corrected chi connectivity index (χ1v) is 6.46. The Morgan fingerprint density at radius 3 is 2.28 bits per heavy atom. The summed E-state index contributed by atoms with van der Waals surface area (Å²) in [7, 11) is 0. The highest BCUT2D eigenvalue weighted by Crippen LogP contribution is 2.35. The number of Topliss-reactive ketones (excluding diaryl/α,β-unsaturated/α-hetero) is 2. The van der Waals surface area contributed by atoms with Crippen LogP contribution in [0.15, 0.2) is 12.1 Å². The minimum atomic E-state index is -1.59. The lowest BCUT2D eigenvalue weighted by Crippen LogP contribution is -2.25. The zero-order valence-electron chi connectivity index (χ0n) is 11.9. The van der Waals surface area contributed by atoms with Crippen LogP contribution in [0.1, 0.15) is 52.2 Å². The summed E-state index contributed by atoms with van der Waals surface area (Å²) in [4.78, 5) is 67.7. The molecule has 11 heteroatoms. The van der Waals surface area contributed by atoms with E-state index in [-0.39, 0.29) is 16.8 Å². The van der Waals surface area contributed by atoms with Gasteiger partial charge in [-0.25, -0.2) is 19.4 Å². The van der Waals surface area contributed by atoms with Gasteiger partial charge in [0.05, 0.1) is 16.8 Å². The minimum Gasteiger partial charge on any atom is -0.478 e. The molecular formula is C14H6N2O9. The number of carboxylic acid groups (broad SMARTS) is 2. The number of hydrogen-bond donors (Lipinski definition) is 4. The number of carboxylic acids is 2. The smallest absolute Gasteiger partial charge is 0.388 e. The van der Waals surface area contributed by atoms with Crippen molar-refractivity contribution in [3.8, 4) is 11.3 Å². The van der Waals surface area contributed by atoms with Crippen LogP contribution in [0.3, 0.4) is 0 Å². The quantitative estimate of drug-likeness (QED) is 0.346. The highest BCUT2D eigenvalue weighted by molar-refractivity contribution is 6.52. The number of aromatic nitrogens is 2. The van der Waals surface area contributed by atoms with Gasteiger partial charge in [-0.3, -0.25) is 14.5 Å². The summed E-state index contributed by atoms with van der Waals surface area (Å²) in [5, 5.41) is 26.7. The summed E-state index contributed by atoms with van der Waals surface area (Å²) in [5.74, 6) is -6.79. The van der Waals surface area contributed by atoms with Crippen molar-refractivity contribution in [2.45, 2.75) is 0 Å². The lowest BCUT2D eigenvalue weighted by molar-refractivity contribution is -0.183. The van der Waals surface area contributed by atoms with E-state index in [1.165, 1.54) is 0 Å². The molecule has 0 saturated carbocycles. The van der Waals surface area contributed by atoms with E-state index in [0.29, 0.717) is 0 Å². The van der Waals surface area contributed by atoms with Crippen molar-refractivity contribution >= 4 is 29.5 Å². The number of nitrogens with one attached hydrogen (secondary N) is 1. The lowest BCUT2D eigenvalue weighted by Gasteiger charge is -2.16. The van der Waals surface area contributed by atoms with E-state index in [4.69, 9.17) is 10.4 Å². The maximum atomic E-state index is 12.2. The van der Waals surface area contributed by atoms with Gasteiger partial charge in [0.1, 0.15) is 17.1 Å². The first kappa shape index (κ1) is 16.0. The Bertz CT molecular complexity index is 1000. The largest absolute Gasteiger partial charge is 0.478 e. The molecule has 0 amide bonds. The van der Waals surface area contributed by atoms with Crippen LogP contribution in [-0.2, 0) is 4.89 Å². The van der Waals surface area contributed by atoms with E-state index in [9.17, 15) is 29.1 Å². The number of carbonyl (C=O) groups excluding carboxylic acids is 3. The molecule has 11 nitrogen and oxygen atoms in total. The summed E-state index contributed by atoms with van der Waals surface area (Å²) >= 11 is 0. The van der Waals surface area contributed by atoms with Crippen molar-refractivity contribution in [3.05, 3.63) is 40.3 Å². The molecule has 2 heterocycles. The van der Waals surface area contributed by atoms with Gasteiger partial charge in [-0.15, -0.1) is 0 Å². The summed E-state index contributed by atoms with van der Waals surface area (Å²) in [6.45, 7) is 0. The molecule has 0 aromatic carbocycles. The zero-order chi connectivity index (χ0) is 18.5. The molecule has 2 aromatic rings. The Balaban J connectivity index is 2.39. The first-order chi connectivity index (χ1) is 11.8. The van der Waals surface area contributed by atoms with Crippen LogP contribution in [0, 0.1) is 0 Å². The highest BCUT2D eigenvalue weighted by atomic mass is 17.1. The fraction of sp³-hybridized carbons (Fsp3) is 0. The monoisotopic (exact) mass is 346 g/mol. The second kappa shape index (κ2) is 5.35. The molecule has 126 valence electrons. The summed E-state index contributed by atoms with van der Waals surface area (Å²) in [5.41, 5.74) is -3.31. The number of fused-ring (bicyclic) bond motifs is 3.